The fraction of sp³-hybridized carbons (Fsp3) is 0.500. The normalized spacial score (nSPS) is 10.5. The van der Waals surface area contributed by atoms with E-state index in [1.807, 2.05) is 0 Å². The summed E-state index contributed by atoms with van der Waals surface area (Å²) >= 11 is 0. The standard InChI is InChI=1S/C14H21NO/c1-5-10-8-9(4)11(6-2)13(14(15)16)12(10)7-3/h8H,5-7H2,1-4H3,(H2,15,16). The minimum absolute atomic E-state index is 0.285. The van der Waals surface area contributed by atoms with Crippen LogP contribution in [0.15, 0.2) is 6.07 Å². The Balaban J connectivity index is 3.60. The summed E-state index contributed by atoms with van der Waals surface area (Å²) in [7, 11) is 0. The maximum absolute atomic E-state index is 11.6. The second-order valence-electron chi connectivity index (χ2n) is 4.11. The molecule has 1 aromatic rings. The van der Waals surface area contributed by atoms with E-state index in [4.69, 9.17) is 5.73 Å². The van der Waals surface area contributed by atoms with Crippen molar-refractivity contribution < 1.29 is 4.79 Å². The van der Waals surface area contributed by atoms with Crippen molar-refractivity contribution in [3.8, 4) is 0 Å². The van der Waals surface area contributed by atoms with Gasteiger partial charge in [-0.05, 0) is 48.4 Å². The van der Waals surface area contributed by atoms with E-state index in [1.165, 1.54) is 11.1 Å². The monoisotopic (exact) mass is 219 g/mol. The lowest BCUT2D eigenvalue weighted by Gasteiger charge is -2.17. The molecule has 1 amide bonds. The molecule has 0 saturated heterocycles. The molecule has 1 rings (SSSR count). The maximum Gasteiger partial charge on any atom is 0.249 e. The van der Waals surface area contributed by atoms with Gasteiger partial charge in [-0.25, -0.2) is 0 Å². The fourth-order valence-electron chi connectivity index (χ4n) is 2.45. The van der Waals surface area contributed by atoms with Gasteiger partial charge >= 0.3 is 0 Å². The molecule has 88 valence electrons. The zero-order valence-corrected chi connectivity index (χ0v) is 10.7. The number of hydrogen-bond acceptors (Lipinski definition) is 1. The Morgan fingerprint density at radius 3 is 2.06 bits per heavy atom. The minimum atomic E-state index is -0.285. The van der Waals surface area contributed by atoms with E-state index in [0.29, 0.717) is 0 Å². The molecule has 0 atom stereocenters. The Morgan fingerprint density at radius 1 is 1.12 bits per heavy atom. The van der Waals surface area contributed by atoms with Crippen molar-refractivity contribution >= 4 is 5.91 Å². The van der Waals surface area contributed by atoms with Crippen LogP contribution in [0.4, 0.5) is 0 Å². The summed E-state index contributed by atoms with van der Waals surface area (Å²) in [5.74, 6) is -0.285. The number of rotatable bonds is 4. The smallest absolute Gasteiger partial charge is 0.249 e. The van der Waals surface area contributed by atoms with Gasteiger partial charge < -0.3 is 5.73 Å². The first-order chi connectivity index (χ1) is 7.56. The summed E-state index contributed by atoms with van der Waals surface area (Å²) < 4.78 is 0. The second kappa shape index (κ2) is 5.15. The molecule has 0 aromatic heterocycles. The van der Waals surface area contributed by atoms with Gasteiger partial charge in [0.1, 0.15) is 0 Å². The summed E-state index contributed by atoms with van der Waals surface area (Å²) in [6.45, 7) is 8.32. The number of benzene rings is 1. The number of nitrogens with two attached hydrogens (primary N) is 1. The van der Waals surface area contributed by atoms with Crippen molar-refractivity contribution in [3.63, 3.8) is 0 Å². The van der Waals surface area contributed by atoms with E-state index in [2.05, 4.69) is 33.8 Å². The molecule has 0 aliphatic heterocycles. The molecule has 16 heavy (non-hydrogen) atoms. The second-order valence-corrected chi connectivity index (χ2v) is 4.11. The van der Waals surface area contributed by atoms with Gasteiger partial charge in [0.25, 0.3) is 0 Å². The van der Waals surface area contributed by atoms with Gasteiger partial charge in [0, 0.05) is 5.56 Å². The van der Waals surface area contributed by atoms with Crippen molar-refractivity contribution in [1.82, 2.24) is 0 Å². The molecular weight excluding hydrogens is 198 g/mol. The van der Waals surface area contributed by atoms with Crippen LogP contribution in [0, 0.1) is 6.92 Å². The van der Waals surface area contributed by atoms with E-state index >= 15 is 0 Å². The van der Waals surface area contributed by atoms with Gasteiger partial charge in [0.2, 0.25) is 5.91 Å². The van der Waals surface area contributed by atoms with Crippen LogP contribution < -0.4 is 5.73 Å². The summed E-state index contributed by atoms with van der Waals surface area (Å²) in [5, 5.41) is 0. The topological polar surface area (TPSA) is 43.1 Å². The van der Waals surface area contributed by atoms with E-state index < -0.39 is 0 Å². The van der Waals surface area contributed by atoms with Crippen LogP contribution in [0.25, 0.3) is 0 Å². The van der Waals surface area contributed by atoms with Gasteiger partial charge in [-0.2, -0.15) is 0 Å². The Morgan fingerprint density at radius 2 is 1.69 bits per heavy atom. The van der Waals surface area contributed by atoms with Crippen molar-refractivity contribution in [1.29, 1.82) is 0 Å². The molecule has 2 heteroatoms. The minimum Gasteiger partial charge on any atom is -0.366 e. The van der Waals surface area contributed by atoms with Gasteiger partial charge in [-0.3, -0.25) is 4.79 Å². The Bertz CT molecular complexity index is 408. The largest absolute Gasteiger partial charge is 0.366 e. The highest BCUT2D eigenvalue weighted by Crippen LogP contribution is 2.24. The average molecular weight is 219 g/mol. The highest BCUT2D eigenvalue weighted by Gasteiger charge is 2.16. The predicted octanol–water partition coefficient (Wildman–Crippen LogP) is 2.78. The van der Waals surface area contributed by atoms with Gasteiger partial charge in [0.05, 0.1) is 0 Å². The summed E-state index contributed by atoms with van der Waals surface area (Å²) in [5.41, 5.74) is 11.0. The van der Waals surface area contributed by atoms with Gasteiger partial charge in [-0.1, -0.05) is 26.8 Å². The predicted molar refractivity (Wildman–Crippen MR) is 67.8 cm³/mol. The molecule has 0 spiro atoms. The molecule has 0 fully saturated rings. The quantitative estimate of drug-likeness (QED) is 0.831. The summed E-state index contributed by atoms with van der Waals surface area (Å²) in [4.78, 5) is 11.6. The first-order valence-electron chi connectivity index (χ1n) is 6.00. The number of primary amides is 1. The van der Waals surface area contributed by atoms with Crippen LogP contribution in [-0.2, 0) is 19.3 Å². The SMILES string of the molecule is CCc1cc(C)c(CC)c(C(N)=O)c1CC. The molecule has 0 radical (unpaired) electrons. The molecule has 0 unspecified atom stereocenters. The van der Waals surface area contributed by atoms with Crippen LogP contribution in [0.2, 0.25) is 0 Å². The molecule has 0 bridgehead atoms. The van der Waals surface area contributed by atoms with Crippen molar-refractivity contribution in [3.05, 3.63) is 33.9 Å². The van der Waals surface area contributed by atoms with Gasteiger partial charge in [-0.15, -0.1) is 0 Å². The molecule has 0 aliphatic carbocycles. The summed E-state index contributed by atoms with van der Waals surface area (Å²) in [6, 6.07) is 2.20. The molecule has 0 saturated carbocycles. The van der Waals surface area contributed by atoms with Crippen LogP contribution in [0.5, 0.6) is 0 Å². The zero-order chi connectivity index (χ0) is 12.3. The highest BCUT2D eigenvalue weighted by atomic mass is 16.1. The first-order valence-corrected chi connectivity index (χ1v) is 6.00. The Hall–Kier alpha value is -1.31. The average Bonchev–Trinajstić information content (AvgIpc) is 2.27. The van der Waals surface area contributed by atoms with E-state index in [1.54, 1.807) is 0 Å². The third kappa shape index (κ3) is 2.11. The molecule has 2 N–H and O–H groups in total. The Labute approximate surface area is 97.9 Å². The molecular formula is C14H21NO. The molecule has 1 aromatic carbocycles. The summed E-state index contributed by atoms with van der Waals surface area (Å²) in [6.07, 6.45) is 2.68. The highest BCUT2D eigenvalue weighted by molar-refractivity contribution is 5.96. The molecule has 0 aliphatic rings. The molecule has 0 heterocycles. The van der Waals surface area contributed by atoms with Crippen molar-refractivity contribution in [2.24, 2.45) is 5.73 Å². The lowest BCUT2D eigenvalue weighted by molar-refractivity contribution is 0.0998. The number of carbonyl (C=O) groups is 1. The molecule has 2 nitrogen and oxygen atoms in total. The van der Waals surface area contributed by atoms with E-state index in [9.17, 15) is 4.79 Å². The van der Waals surface area contributed by atoms with Crippen LogP contribution >= 0.6 is 0 Å². The van der Waals surface area contributed by atoms with Gasteiger partial charge in [0.15, 0.2) is 0 Å². The Kier molecular flexibility index (Phi) is 4.11. The number of aryl methyl sites for hydroxylation is 2. The van der Waals surface area contributed by atoms with Crippen LogP contribution in [0.3, 0.4) is 0 Å². The third-order valence-corrected chi connectivity index (χ3v) is 3.19. The number of hydrogen-bond donors (Lipinski definition) is 1. The maximum atomic E-state index is 11.6. The third-order valence-electron chi connectivity index (χ3n) is 3.19. The van der Waals surface area contributed by atoms with E-state index in [0.717, 1.165) is 36.0 Å². The van der Waals surface area contributed by atoms with E-state index in [-0.39, 0.29) is 5.91 Å². The van der Waals surface area contributed by atoms with Crippen molar-refractivity contribution in [2.75, 3.05) is 0 Å². The van der Waals surface area contributed by atoms with Crippen LogP contribution in [0.1, 0.15) is 53.4 Å². The zero-order valence-electron chi connectivity index (χ0n) is 10.7. The van der Waals surface area contributed by atoms with Crippen LogP contribution in [-0.4, -0.2) is 5.91 Å². The lowest BCUT2D eigenvalue weighted by atomic mass is 9.88. The first kappa shape index (κ1) is 12.8. The number of amides is 1. The van der Waals surface area contributed by atoms with Crippen molar-refractivity contribution in [2.45, 2.75) is 47.0 Å². The fourth-order valence-corrected chi connectivity index (χ4v) is 2.45. The lowest BCUT2D eigenvalue weighted by Crippen LogP contribution is -2.18. The number of carbonyl (C=O) groups excluding carboxylic acids is 1.